The summed E-state index contributed by atoms with van der Waals surface area (Å²) in [7, 11) is 8.04. The minimum atomic E-state index is 0.0686. The average Bonchev–Trinajstić information content (AvgIpc) is 3.30. The van der Waals surface area contributed by atoms with Gasteiger partial charge in [0.25, 0.3) is 0 Å². The highest BCUT2D eigenvalue weighted by Crippen LogP contribution is 2.44. The first-order chi connectivity index (χ1) is 14.8. The van der Waals surface area contributed by atoms with Gasteiger partial charge in [-0.2, -0.15) is 0 Å². The zero-order chi connectivity index (χ0) is 22.3. The molecular weight excluding hydrogens is 392 g/mol. The molecule has 2 aromatic carbocycles. The molecule has 2 heterocycles. The minimum absolute atomic E-state index is 0.0686. The van der Waals surface area contributed by atoms with Crippen LogP contribution in [-0.2, 0) is 12.8 Å². The molecule has 7 heteroatoms. The zero-order valence-corrected chi connectivity index (χ0v) is 18.5. The summed E-state index contributed by atoms with van der Waals surface area (Å²) < 4.78 is 0. The molecule has 0 spiro atoms. The first-order valence-corrected chi connectivity index (χ1v) is 10.4. The predicted octanol–water partition coefficient (Wildman–Crippen LogP) is 3.64. The van der Waals surface area contributed by atoms with Crippen LogP contribution in [0.3, 0.4) is 0 Å². The van der Waals surface area contributed by atoms with Crippen molar-refractivity contribution in [3.63, 3.8) is 0 Å². The van der Waals surface area contributed by atoms with Crippen molar-refractivity contribution in [2.75, 3.05) is 41.3 Å². The van der Waals surface area contributed by atoms with E-state index in [4.69, 9.17) is 0 Å². The molecule has 0 saturated carbocycles. The highest BCUT2D eigenvalue weighted by molar-refractivity contribution is 6.02. The van der Waals surface area contributed by atoms with E-state index in [-0.39, 0.29) is 17.2 Å². The molecule has 0 aliphatic carbocycles. The van der Waals surface area contributed by atoms with E-state index >= 15 is 0 Å². The molecule has 0 atom stereocenters. The molecule has 5 N–H and O–H groups in total. The number of H-pyrrole nitrogens is 2. The molecule has 31 heavy (non-hydrogen) atoms. The Morgan fingerprint density at radius 1 is 0.806 bits per heavy atom. The number of phenols is 3. The smallest absolute Gasteiger partial charge is 0.139 e. The molecule has 0 saturated heterocycles. The maximum atomic E-state index is 11.3. The van der Waals surface area contributed by atoms with Crippen molar-refractivity contribution in [1.82, 2.24) is 19.8 Å². The Kier molecular flexibility index (Phi) is 5.56. The van der Waals surface area contributed by atoms with Crippen LogP contribution < -0.4 is 0 Å². The molecule has 0 amide bonds. The summed E-state index contributed by atoms with van der Waals surface area (Å²) >= 11 is 0. The number of aromatic hydroxyl groups is 3. The molecule has 7 nitrogen and oxygen atoms in total. The lowest BCUT2D eigenvalue weighted by Gasteiger charge is -2.13. The van der Waals surface area contributed by atoms with Crippen molar-refractivity contribution in [2.24, 2.45) is 0 Å². The summed E-state index contributed by atoms with van der Waals surface area (Å²) in [6, 6.07) is 6.82. The van der Waals surface area contributed by atoms with E-state index in [9.17, 15) is 15.3 Å². The second kappa shape index (κ2) is 8.17. The number of hydrogen-bond donors (Lipinski definition) is 5. The van der Waals surface area contributed by atoms with E-state index in [1.54, 1.807) is 0 Å². The lowest BCUT2D eigenvalue weighted by atomic mass is 9.98. The topological polar surface area (TPSA) is 98.8 Å². The van der Waals surface area contributed by atoms with Gasteiger partial charge in [-0.25, -0.2) is 0 Å². The number of nitrogens with one attached hydrogen (secondary N) is 2. The quantitative estimate of drug-likeness (QED) is 0.293. The van der Waals surface area contributed by atoms with Gasteiger partial charge in [-0.05, 0) is 76.4 Å². The number of fused-ring (bicyclic) bond motifs is 2. The molecule has 164 valence electrons. The van der Waals surface area contributed by atoms with Crippen LogP contribution in [0.4, 0.5) is 0 Å². The predicted molar refractivity (Wildman–Crippen MR) is 125 cm³/mol. The Labute approximate surface area is 181 Å². The van der Waals surface area contributed by atoms with E-state index in [2.05, 4.69) is 19.8 Å². The van der Waals surface area contributed by atoms with Crippen molar-refractivity contribution in [1.29, 1.82) is 0 Å². The summed E-state index contributed by atoms with van der Waals surface area (Å²) in [5.74, 6) is 0.376. The fourth-order valence-corrected chi connectivity index (χ4v) is 4.17. The van der Waals surface area contributed by atoms with Gasteiger partial charge in [0.1, 0.15) is 17.2 Å². The molecule has 0 bridgehead atoms. The molecule has 4 rings (SSSR count). The van der Waals surface area contributed by atoms with E-state index in [1.165, 1.54) is 12.1 Å². The molecule has 0 aliphatic rings. The summed E-state index contributed by atoms with van der Waals surface area (Å²) in [6.07, 6.45) is 3.41. The Balaban J connectivity index is 1.92. The fourth-order valence-electron chi connectivity index (χ4n) is 4.17. The van der Waals surface area contributed by atoms with Crippen molar-refractivity contribution in [3.05, 3.63) is 41.6 Å². The number of aromatic amines is 2. The molecule has 2 aromatic heterocycles. The van der Waals surface area contributed by atoms with E-state index in [1.807, 2.05) is 46.5 Å². The van der Waals surface area contributed by atoms with Crippen LogP contribution in [-0.4, -0.2) is 76.4 Å². The van der Waals surface area contributed by atoms with Crippen LogP contribution >= 0.6 is 0 Å². The van der Waals surface area contributed by atoms with Gasteiger partial charge in [0.05, 0.1) is 11.2 Å². The van der Waals surface area contributed by atoms with Crippen LogP contribution in [0, 0.1) is 0 Å². The standard InChI is InChI=1S/C24H30N4O3/c1-27(2)11-9-14-13-25-17-6-5-16(24(31)20(14)17)22-15(10-12-28(3)4)21-18(29)7-8-19(30)23(21)26-22/h5-8,13,25-26,29-31H,9-12H2,1-4H3. The lowest BCUT2D eigenvalue weighted by molar-refractivity contribution is 0.413. The summed E-state index contributed by atoms with van der Waals surface area (Å²) in [6.45, 7) is 1.63. The average molecular weight is 423 g/mol. The summed E-state index contributed by atoms with van der Waals surface area (Å²) in [4.78, 5) is 10.7. The van der Waals surface area contributed by atoms with E-state index in [0.717, 1.165) is 41.5 Å². The number of aromatic nitrogens is 2. The van der Waals surface area contributed by atoms with Crippen LogP contribution in [0.1, 0.15) is 11.1 Å². The van der Waals surface area contributed by atoms with Crippen LogP contribution in [0.5, 0.6) is 17.2 Å². The van der Waals surface area contributed by atoms with Crippen LogP contribution in [0.25, 0.3) is 33.1 Å². The van der Waals surface area contributed by atoms with Crippen molar-refractivity contribution >= 4 is 21.8 Å². The number of phenolic OH excluding ortho intramolecular Hbond substituents is 3. The maximum absolute atomic E-state index is 11.3. The van der Waals surface area contributed by atoms with Gasteiger partial charge in [0, 0.05) is 41.1 Å². The monoisotopic (exact) mass is 422 g/mol. The molecule has 0 aliphatic heterocycles. The third-order valence-corrected chi connectivity index (χ3v) is 5.82. The Hall–Kier alpha value is -3.16. The third-order valence-electron chi connectivity index (χ3n) is 5.82. The molecule has 0 fully saturated rings. The van der Waals surface area contributed by atoms with Gasteiger partial charge in [-0.3, -0.25) is 0 Å². The number of rotatable bonds is 7. The van der Waals surface area contributed by atoms with Gasteiger partial charge >= 0.3 is 0 Å². The van der Waals surface area contributed by atoms with Gasteiger partial charge in [0.2, 0.25) is 0 Å². The normalized spacial score (nSPS) is 12.1. The molecule has 0 radical (unpaired) electrons. The highest BCUT2D eigenvalue weighted by Gasteiger charge is 2.22. The number of likely N-dealkylation sites (N-methyl/N-ethyl adjacent to an activating group) is 2. The molecule has 4 aromatic rings. The van der Waals surface area contributed by atoms with Gasteiger partial charge in [-0.15, -0.1) is 0 Å². The number of benzene rings is 2. The van der Waals surface area contributed by atoms with Crippen LogP contribution in [0.2, 0.25) is 0 Å². The Bertz CT molecular complexity index is 1240. The second-order valence-electron chi connectivity index (χ2n) is 8.64. The van der Waals surface area contributed by atoms with Crippen LogP contribution in [0.15, 0.2) is 30.5 Å². The Morgan fingerprint density at radius 2 is 1.48 bits per heavy atom. The van der Waals surface area contributed by atoms with Gasteiger partial charge < -0.3 is 35.1 Å². The molecule has 0 unspecified atom stereocenters. The minimum Gasteiger partial charge on any atom is -0.507 e. The van der Waals surface area contributed by atoms with Crippen molar-refractivity contribution in [2.45, 2.75) is 12.8 Å². The lowest BCUT2D eigenvalue weighted by Crippen LogP contribution is -2.15. The summed E-state index contributed by atoms with van der Waals surface area (Å²) in [5.41, 5.74) is 4.66. The fraction of sp³-hybridized carbons (Fsp3) is 0.333. The van der Waals surface area contributed by atoms with E-state index < -0.39 is 0 Å². The Morgan fingerprint density at radius 3 is 2.19 bits per heavy atom. The SMILES string of the molecule is CN(C)CCc1c[nH]c2ccc(-c3[nH]c4c(O)ccc(O)c4c3CCN(C)C)c(O)c12. The number of hydrogen-bond acceptors (Lipinski definition) is 5. The number of nitrogens with zero attached hydrogens (tertiary/aromatic N) is 2. The second-order valence-corrected chi connectivity index (χ2v) is 8.64. The zero-order valence-electron chi connectivity index (χ0n) is 18.5. The molecular formula is C24H30N4O3. The van der Waals surface area contributed by atoms with Gasteiger partial charge in [0.15, 0.2) is 0 Å². The van der Waals surface area contributed by atoms with Gasteiger partial charge in [-0.1, -0.05) is 0 Å². The largest absolute Gasteiger partial charge is 0.507 e. The first-order valence-electron chi connectivity index (χ1n) is 10.4. The van der Waals surface area contributed by atoms with Crippen molar-refractivity contribution < 1.29 is 15.3 Å². The van der Waals surface area contributed by atoms with E-state index in [0.29, 0.717) is 28.6 Å². The first kappa shape index (κ1) is 21.1. The maximum Gasteiger partial charge on any atom is 0.139 e. The van der Waals surface area contributed by atoms with Crippen molar-refractivity contribution in [3.8, 4) is 28.5 Å². The highest BCUT2D eigenvalue weighted by atomic mass is 16.3. The summed E-state index contributed by atoms with van der Waals surface area (Å²) in [5, 5.41) is 33.7. The third kappa shape index (κ3) is 3.82.